The number of unbranched alkanes of at least 4 members (excludes halogenated alkanes) is 7. The molecule has 9 nitrogen and oxygen atoms in total. The van der Waals surface area contributed by atoms with Gasteiger partial charge in [0.05, 0.1) is 19.8 Å². The highest BCUT2D eigenvalue weighted by Crippen LogP contribution is 2.20. The van der Waals surface area contributed by atoms with E-state index >= 15 is 0 Å². The number of likely N-dealkylation sites (tertiary alicyclic amines) is 1. The minimum atomic E-state index is -0.800. The van der Waals surface area contributed by atoms with Crippen molar-refractivity contribution in [3.8, 4) is 0 Å². The monoisotopic (exact) mass is 402 g/mol. The van der Waals surface area contributed by atoms with Crippen LogP contribution in [0.4, 0.5) is 4.79 Å². The Kier molecular flexibility index (Phi) is 12.8. The van der Waals surface area contributed by atoms with Crippen LogP contribution in [-0.4, -0.2) is 54.5 Å². The first-order valence-electron chi connectivity index (χ1n) is 10.4. The maximum atomic E-state index is 12.2. The average Bonchev–Trinajstić information content (AvgIpc) is 3.16. The molecule has 0 saturated carbocycles. The van der Waals surface area contributed by atoms with Crippen LogP contribution >= 0.6 is 0 Å². The lowest BCUT2D eigenvalue weighted by atomic mass is 10.2. The maximum absolute atomic E-state index is 12.2. The zero-order valence-electron chi connectivity index (χ0n) is 16.9. The van der Waals surface area contributed by atoms with Crippen LogP contribution in [-0.2, 0) is 19.1 Å². The zero-order valence-corrected chi connectivity index (χ0v) is 16.9. The Labute approximate surface area is 166 Å². The Hall–Kier alpha value is -2.06. The molecule has 0 spiro atoms. The second-order valence-electron chi connectivity index (χ2n) is 7.02. The van der Waals surface area contributed by atoms with E-state index in [1.165, 1.54) is 17.7 Å². The van der Waals surface area contributed by atoms with E-state index in [9.17, 15) is 19.7 Å². The Balaban J connectivity index is 2.14. The van der Waals surface area contributed by atoms with Gasteiger partial charge in [-0.1, -0.05) is 39.0 Å². The first kappa shape index (κ1) is 24.0. The summed E-state index contributed by atoms with van der Waals surface area (Å²) >= 11 is 0. The normalized spacial score (nSPS) is 16.0. The predicted octanol–water partition coefficient (Wildman–Crippen LogP) is 3.87. The van der Waals surface area contributed by atoms with E-state index in [-0.39, 0.29) is 19.2 Å². The van der Waals surface area contributed by atoms with E-state index in [0.717, 1.165) is 38.5 Å². The lowest BCUT2D eigenvalue weighted by molar-refractivity contribution is -0.757. The summed E-state index contributed by atoms with van der Waals surface area (Å²) in [6, 6.07) is -0.539. The first-order valence-corrected chi connectivity index (χ1v) is 10.4. The summed E-state index contributed by atoms with van der Waals surface area (Å²) in [7, 11) is 0. The highest BCUT2D eigenvalue weighted by molar-refractivity contribution is 5.82. The van der Waals surface area contributed by atoms with Gasteiger partial charge in [-0.25, -0.2) is 9.59 Å². The summed E-state index contributed by atoms with van der Waals surface area (Å²) in [5, 5.41) is 9.21. The standard InChI is InChI=1S/C19H34N2O7/c1-2-3-4-5-8-14-26-18(22)17-12-11-13-20(17)19(23)27-15-9-6-7-10-16-28-21(24)25/h17H,2-16H2,1H3. The number of hydrogen-bond acceptors (Lipinski definition) is 7. The van der Waals surface area contributed by atoms with Crippen LogP contribution in [0, 0.1) is 10.1 Å². The molecule has 1 fully saturated rings. The molecule has 0 N–H and O–H groups in total. The molecule has 0 aromatic heterocycles. The smallest absolute Gasteiger partial charge is 0.410 e. The summed E-state index contributed by atoms with van der Waals surface area (Å²) in [5.41, 5.74) is 0. The van der Waals surface area contributed by atoms with Crippen LogP contribution in [0.5, 0.6) is 0 Å². The van der Waals surface area contributed by atoms with E-state index in [2.05, 4.69) is 11.8 Å². The fourth-order valence-corrected chi connectivity index (χ4v) is 3.14. The first-order chi connectivity index (χ1) is 13.6. The molecular formula is C19H34N2O7. The second-order valence-corrected chi connectivity index (χ2v) is 7.02. The molecule has 1 aliphatic rings. The topological polar surface area (TPSA) is 108 Å². The molecule has 1 aliphatic heterocycles. The van der Waals surface area contributed by atoms with Crippen molar-refractivity contribution in [1.29, 1.82) is 0 Å². The van der Waals surface area contributed by atoms with Crippen molar-refractivity contribution in [1.82, 2.24) is 4.90 Å². The Bertz CT molecular complexity index is 473. The van der Waals surface area contributed by atoms with Gasteiger partial charge in [0.2, 0.25) is 0 Å². The third-order valence-corrected chi connectivity index (χ3v) is 4.71. The second kappa shape index (κ2) is 14.9. The molecule has 1 atom stereocenters. The van der Waals surface area contributed by atoms with Gasteiger partial charge in [-0.3, -0.25) is 4.90 Å². The number of rotatable bonds is 15. The molecule has 28 heavy (non-hydrogen) atoms. The third-order valence-electron chi connectivity index (χ3n) is 4.71. The molecule has 0 bridgehead atoms. The minimum Gasteiger partial charge on any atom is -0.464 e. The zero-order chi connectivity index (χ0) is 20.6. The van der Waals surface area contributed by atoms with Gasteiger partial charge in [-0.05, 0) is 38.5 Å². The van der Waals surface area contributed by atoms with Crippen molar-refractivity contribution in [3.05, 3.63) is 10.1 Å². The predicted molar refractivity (Wildman–Crippen MR) is 102 cm³/mol. The van der Waals surface area contributed by atoms with Crippen molar-refractivity contribution in [2.45, 2.75) is 83.6 Å². The number of amides is 1. The molecule has 162 valence electrons. The van der Waals surface area contributed by atoms with Crippen LogP contribution < -0.4 is 0 Å². The highest BCUT2D eigenvalue weighted by Gasteiger charge is 2.36. The number of nitrogens with zero attached hydrogens (tertiary/aromatic N) is 2. The van der Waals surface area contributed by atoms with Crippen LogP contribution in [0.2, 0.25) is 0 Å². The molecule has 0 aliphatic carbocycles. The average molecular weight is 402 g/mol. The van der Waals surface area contributed by atoms with Gasteiger partial charge < -0.3 is 14.3 Å². The number of carbonyl (C=O) groups is 2. The molecule has 9 heteroatoms. The van der Waals surface area contributed by atoms with Crippen LogP contribution in [0.3, 0.4) is 0 Å². The van der Waals surface area contributed by atoms with Gasteiger partial charge in [0.1, 0.15) is 6.04 Å². The summed E-state index contributed by atoms with van der Waals surface area (Å²) in [6.45, 7) is 3.42. The molecule has 0 radical (unpaired) electrons. The number of ether oxygens (including phenoxy) is 2. The van der Waals surface area contributed by atoms with Crippen molar-refractivity contribution in [2.24, 2.45) is 0 Å². The Morgan fingerprint density at radius 1 is 0.964 bits per heavy atom. The van der Waals surface area contributed by atoms with Crippen molar-refractivity contribution in [2.75, 3.05) is 26.4 Å². The molecule has 1 unspecified atom stereocenters. The summed E-state index contributed by atoms with van der Waals surface area (Å²) in [4.78, 5) is 40.2. The highest BCUT2D eigenvalue weighted by atomic mass is 16.9. The van der Waals surface area contributed by atoms with Gasteiger partial charge in [0.25, 0.3) is 5.09 Å². The van der Waals surface area contributed by atoms with E-state index in [4.69, 9.17) is 9.47 Å². The molecule has 0 aromatic rings. The summed E-state index contributed by atoms with van der Waals surface area (Å²) < 4.78 is 10.6. The van der Waals surface area contributed by atoms with E-state index in [0.29, 0.717) is 32.4 Å². The van der Waals surface area contributed by atoms with Crippen molar-refractivity contribution in [3.63, 3.8) is 0 Å². The van der Waals surface area contributed by atoms with Crippen molar-refractivity contribution < 1.29 is 29.0 Å². The van der Waals surface area contributed by atoms with Gasteiger partial charge in [-0.15, -0.1) is 10.1 Å². The molecule has 1 saturated heterocycles. The van der Waals surface area contributed by atoms with E-state index < -0.39 is 17.2 Å². The summed E-state index contributed by atoms with van der Waals surface area (Å²) in [5.74, 6) is -0.337. The lowest BCUT2D eigenvalue weighted by Crippen LogP contribution is -2.41. The largest absolute Gasteiger partial charge is 0.464 e. The van der Waals surface area contributed by atoms with Crippen molar-refractivity contribution >= 4 is 12.1 Å². The van der Waals surface area contributed by atoms with E-state index in [1.54, 1.807) is 0 Å². The fourth-order valence-electron chi connectivity index (χ4n) is 3.14. The fraction of sp³-hybridized carbons (Fsp3) is 0.895. The van der Waals surface area contributed by atoms with Gasteiger partial charge in [-0.2, -0.15) is 0 Å². The quantitative estimate of drug-likeness (QED) is 0.177. The Morgan fingerprint density at radius 3 is 2.21 bits per heavy atom. The number of esters is 1. The Morgan fingerprint density at radius 2 is 1.57 bits per heavy atom. The molecule has 1 amide bonds. The van der Waals surface area contributed by atoms with E-state index in [1.807, 2.05) is 0 Å². The van der Waals surface area contributed by atoms with Crippen LogP contribution in [0.15, 0.2) is 0 Å². The summed E-state index contributed by atoms with van der Waals surface area (Å²) in [6.07, 6.45) is 9.15. The van der Waals surface area contributed by atoms with Gasteiger partial charge in [0, 0.05) is 6.54 Å². The minimum absolute atomic E-state index is 0.0863. The molecule has 1 rings (SSSR count). The van der Waals surface area contributed by atoms with Gasteiger partial charge >= 0.3 is 12.1 Å². The molecule has 1 heterocycles. The molecule has 0 aromatic carbocycles. The number of hydrogen-bond donors (Lipinski definition) is 0. The lowest BCUT2D eigenvalue weighted by Gasteiger charge is -2.22. The maximum Gasteiger partial charge on any atom is 0.410 e. The van der Waals surface area contributed by atoms with Gasteiger partial charge in [0.15, 0.2) is 0 Å². The van der Waals surface area contributed by atoms with Crippen LogP contribution in [0.1, 0.15) is 77.6 Å². The third kappa shape index (κ3) is 10.3. The SMILES string of the molecule is CCCCCCCOC(=O)C1CCCN1C(=O)OCCCCCCO[N+](=O)[O-]. The molecular weight excluding hydrogens is 368 g/mol. The number of carbonyl (C=O) groups excluding carboxylic acids is 2. The van der Waals surface area contributed by atoms with Crippen LogP contribution in [0.25, 0.3) is 0 Å².